The molecule has 3 fully saturated rings. The normalized spacial score (nSPS) is 22.2. The molecule has 0 aromatic heterocycles. The van der Waals surface area contributed by atoms with Crippen LogP contribution in [0.15, 0.2) is 18.2 Å². The van der Waals surface area contributed by atoms with Gasteiger partial charge in [-0.1, -0.05) is 19.8 Å². The maximum absolute atomic E-state index is 13.2. The van der Waals surface area contributed by atoms with E-state index in [1.807, 2.05) is 18.2 Å². The molecule has 1 saturated carbocycles. The summed E-state index contributed by atoms with van der Waals surface area (Å²) in [4.78, 5) is 18.3. The van der Waals surface area contributed by atoms with E-state index >= 15 is 0 Å². The zero-order chi connectivity index (χ0) is 22.3. The van der Waals surface area contributed by atoms with Gasteiger partial charge in [0.25, 0.3) is 5.91 Å². The molecule has 0 unspecified atom stereocenters. The highest BCUT2D eigenvalue weighted by atomic mass is 16.5. The quantitative estimate of drug-likeness (QED) is 0.656. The van der Waals surface area contributed by atoms with Crippen molar-refractivity contribution in [2.75, 3.05) is 39.8 Å². The molecule has 4 rings (SSSR count). The summed E-state index contributed by atoms with van der Waals surface area (Å²) in [5.41, 5.74) is 0.596. The van der Waals surface area contributed by atoms with Crippen LogP contribution in [-0.2, 0) is 0 Å². The van der Waals surface area contributed by atoms with E-state index in [4.69, 9.17) is 9.47 Å². The molecule has 6 heteroatoms. The number of hydrogen-bond acceptors (Lipinski definition) is 5. The molecule has 1 amide bonds. The fourth-order valence-electron chi connectivity index (χ4n) is 5.60. The molecule has 2 aliphatic heterocycles. The van der Waals surface area contributed by atoms with Crippen molar-refractivity contribution in [1.29, 1.82) is 0 Å². The molecule has 0 atom stereocenters. The van der Waals surface area contributed by atoms with Crippen LogP contribution in [0.3, 0.4) is 0 Å². The van der Waals surface area contributed by atoms with Crippen molar-refractivity contribution in [2.24, 2.45) is 0 Å². The van der Waals surface area contributed by atoms with Crippen molar-refractivity contribution < 1.29 is 14.3 Å². The van der Waals surface area contributed by atoms with Crippen molar-refractivity contribution >= 4 is 5.91 Å². The van der Waals surface area contributed by atoms with Gasteiger partial charge in [-0.15, -0.1) is 0 Å². The van der Waals surface area contributed by atoms with Crippen LogP contribution in [-0.4, -0.2) is 73.7 Å². The molecular weight excluding hydrogens is 402 g/mol. The number of methoxy groups -OCH3 is 1. The highest BCUT2D eigenvalue weighted by Crippen LogP contribution is 2.30. The van der Waals surface area contributed by atoms with Crippen LogP contribution in [0.5, 0.6) is 11.5 Å². The Morgan fingerprint density at radius 3 is 2.41 bits per heavy atom. The molecule has 2 heterocycles. The standard InChI is InChI=1S/C26H41N3O3/c1-3-14-28-15-10-20(11-16-28)27-26(30)24-19-23(31-2)8-9-25(24)32-22-12-17-29(18-13-22)21-6-4-5-7-21/h8-9,19-22H,3-7,10-18H2,1-2H3,(H,27,30). The van der Waals surface area contributed by atoms with E-state index in [0.717, 1.165) is 64.4 Å². The van der Waals surface area contributed by atoms with Crippen LogP contribution >= 0.6 is 0 Å². The molecule has 6 nitrogen and oxygen atoms in total. The first kappa shape index (κ1) is 23.4. The lowest BCUT2D eigenvalue weighted by Crippen LogP contribution is -2.45. The summed E-state index contributed by atoms with van der Waals surface area (Å²) in [5, 5.41) is 3.26. The largest absolute Gasteiger partial charge is 0.497 e. The van der Waals surface area contributed by atoms with Gasteiger partial charge in [0.1, 0.15) is 17.6 Å². The predicted octanol–water partition coefficient (Wildman–Crippen LogP) is 4.09. The smallest absolute Gasteiger partial charge is 0.255 e. The Morgan fingerprint density at radius 2 is 1.75 bits per heavy atom. The van der Waals surface area contributed by atoms with Crippen molar-refractivity contribution in [2.45, 2.75) is 82.9 Å². The van der Waals surface area contributed by atoms with Gasteiger partial charge in [0.2, 0.25) is 0 Å². The second kappa shape index (κ2) is 11.4. The van der Waals surface area contributed by atoms with Crippen LogP contribution in [0.4, 0.5) is 0 Å². The molecule has 1 aliphatic carbocycles. The summed E-state index contributed by atoms with van der Waals surface area (Å²) in [6.45, 7) is 7.68. The number of nitrogens with one attached hydrogen (secondary N) is 1. The number of carbonyl (C=O) groups excluding carboxylic acids is 1. The van der Waals surface area contributed by atoms with Gasteiger partial charge in [-0.25, -0.2) is 0 Å². The van der Waals surface area contributed by atoms with Crippen molar-refractivity contribution in [1.82, 2.24) is 15.1 Å². The topological polar surface area (TPSA) is 54.0 Å². The Kier molecular flexibility index (Phi) is 8.31. The summed E-state index contributed by atoms with van der Waals surface area (Å²) in [6, 6.07) is 6.63. The molecule has 0 spiro atoms. The zero-order valence-electron chi connectivity index (χ0n) is 20.0. The molecule has 2 saturated heterocycles. The van der Waals surface area contributed by atoms with Gasteiger partial charge in [0.15, 0.2) is 0 Å². The fourth-order valence-corrected chi connectivity index (χ4v) is 5.60. The molecule has 178 valence electrons. The fraction of sp³-hybridized carbons (Fsp3) is 0.731. The number of hydrogen-bond donors (Lipinski definition) is 1. The molecule has 3 aliphatic rings. The van der Waals surface area contributed by atoms with Gasteiger partial charge in [-0.3, -0.25) is 4.79 Å². The summed E-state index contributed by atoms with van der Waals surface area (Å²) in [6.07, 6.45) is 10.9. The Hall–Kier alpha value is -1.79. The first-order chi connectivity index (χ1) is 15.7. The van der Waals surface area contributed by atoms with Gasteiger partial charge < -0.3 is 24.6 Å². The second-order valence-corrected chi connectivity index (χ2v) is 9.74. The monoisotopic (exact) mass is 443 g/mol. The van der Waals surface area contributed by atoms with E-state index in [9.17, 15) is 4.79 Å². The van der Waals surface area contributed by atoms with E-state index in [2.05, 4.69) is 22.0 Å². The molecule has 1 aromatic rings. The first-order valence-electron chi connectivity index (χ1n) is 12.8. The lowest BCUT2D eigenvalue weighted by molar-refractivity contribution is 0.0745. The number of likely N-dealkylation sites (tertiary alicyclic amines) is 2. The number of carbonyl (C=O) groups is 1. The van der Waals surface area contributed by atoms with Gasteiger partial charge >= 0.3 is 0 Å². The number of amides is 1. The highest BCUT2D eigenvalue weighted by Gasteiger charge is 2.29. The van der Waals surface area contributed by atoms with Gasteiger partial charge in [0.05, 0.1) is 12.7 Å². The summed E-state index contributed by atoms with van der Waals surface area (Å²) >= 11 is 0. The maximum atomic E-state index is 13.2. The number of piperidine rings is 2. The lowest BCUT2D eigenvalue weighted by Gasteiger charge is -2.36. The minimum Gasteiger partial charge on any atom is -0.497 e. The summed E-state index contributed by atoms with van der Waals surface area (Å²) in [5.74, 6) is 1.33. The second-order valence-electron chi connectivity index (χ2n) is 9.74. The third-order valence-corrected chi connectivity index (χ3v) is 7.51. The number of ether oxygens (including phenoxy) is 2. The Morgan fingerprint density at radius 1 is 1.03 bits per heavy atom. The summed E-state index contributed by atoms with van der Waals surface area (Å²) in [7, 11) is 1.64. The van der Waals surface area contributed by atoms with Gasteiger partial charge in [-0.2, -0.15) is 0 Å². The van der Waals surface area contributed by atoms with E-state index in [0.29, 0.717) is 17.1 Å². The number of nitrogens with zero attached hydrogens (tertiary/aromatic N) is 2. The van der Waals surface area contributed by atoms with E-state index in [1.165, 1.54) is 32.1 Å². The van der Waals surface area contributed by atoms with Crippen molar-refractivity contribution in [3.8, 4) is 11.5 Å². The highest BCUT2D eigenvalue weighted by molar-refractivity contribution is 5.97. The van der Waals surface area contributed by atoms with Crippen molar-refractivity contribution in [3.63, 3.8) is 0 Å². The molecule has 1 N–H and O–H groups in total. The molecule has 32 heavy (non-hydrogen) atoms. The third kappa shape index (κ3) is 5.96. The van der Waals surface area contributed by atoms with Crippen LogP contribution in [0.1, 0.15) is 75.1 Å². The van der Waals surface area contributed by atoms with Gasteiger partial charge in [0, 0.05) is 38.3 Å². The third-order valence-electron chi connectivity index (χ3n) is 7.51. The Bertz CT molecular complexity index is 734. The van der Waals surface area contributed by atoms with E-state index < -0.39 is 0 Å². The molecule has 0 radical (unpaired) electrons. The van der Waals surface area contributed by atoms with Crippen LogP contribution in [0.2, 0.25) is 0 Å². The van der Waals surface area contributed by atoms with Crippen LogP contribution in [0, 0.1) is 0 Å². The molecule has 1 aromatic carbocycles. The zero-order valence-corrected chi connectivity index (χ0v) is 20.0. The van der Waals surface area contributed by atoms with Crippen LogP contribution in [0.25, 0.3) is 0 Å². The minimum absolute atomic E-state index is 0.0452. The summed E-state index contributed by atoms with van der Waals surface area (Å²) < 4.78 is 11.8. The number of benzene rings is 1. The van der Waals surface area contributed by atoms with Gasteiger partial charge in [-0.05, 0) is 69.7 Å². The Labute approximate surface area is 193 Å². The molecule has 0 bridgehead atoms. The van der Waals surface area contributed by atoms with Crippen molar-refractivity contribution in [3.05, 3.63) is 23.8 Å². The first-order valence-corrected chi connectivity index (χ1v) is 12.8. The average Bonchev–Trinajstić information content (AvgIpc) is 3.36. The molecular formula is C26H41N3O3. The number of rotatable bonds is 8. The Balaban J connectivity index is 1.35. The maximum Gasteiger partial charge on any atom is 0.255 e. The predicted molar refractivity (Wildman–Crippen MR) is 128 cm³/mol. The average molecular weight is 444 g/mol. The SMILES string of the molecule is CCCN1CCC(NC(=O)c2cc(OC)ccc2OC2CCN(C3CCCC3)CC2)CC1. The lowest BCUT2D eigenvalue weighted by atomic mass is 10.0. The van der Waals surface area contributed by atoms with Crippen LogP contribution < -0.4 is 14.8 Å². The van der Waals surface area contributed by atoms with E-state index in [-0.39, 0.29) is 18.1 Å². The van der Waals surface area contributed by atoms with E-state index in [1.54, 1.807) is 7.11 Å². The minimum atomic E-state index is -0.0452.